The van der Waals surface area contributed by atoms with Crippen molar-refractivity contribution >= 4 is 0 Å². The fourth-order valence-electron chi connectivity index (χ4n) is 1.02. The Balaban J connectivity index is 2.70. The van der Waals surface area contributed by atoms with Crippen molar-refractivity contribution in [3.63, 3.8) is 0 Å². The monoisotopic (exact) mass is 145 g/mol. The summed E-state index contributed by atoms with van der Waals surface area (Å²) in [6, 6.07) is 10.1. The lowest BCUT2D eigenvalue weighted by atomic mass is 10.0. The molecular weight excluding hydrogens is 134 g/mol. The van der Waals surface area contributed by atoms with Crippen molar-refractivity contribution in [3.05, 3.63) is 47.3 Å². The van der Waals surface area contributed by atoms with E-state index in [1.165, 1.54) is 5.56 Å². The van der Waals surface area contributed by atoms with Crippen LogP contribution in [0, 0.1) is 6.57 Å². The lowest BCUT2D eigenvalue weighted by molar-refractivity contribution is 0.834. The second kappa shape index (κ2) is 3.78. The number of rotatable bonds is 2. The number of hydrogen-bond acceptors (Lipinski definition) is 0. The van der Waals surface area contributed by atoms with Crippen LogP contribution in [-0.4, -0.2) is 6.54 Å². The maximum atomic E-state index is 6.71. The van der Waals surface area contributed by atoms with Gasteiger partial charge < -0.3 is 4.85 Å². The van der Waals surface area contributed by atoms with Gasteiger partial charge in [0.15, 0.2) is 0 Å². The summed E-state index contributed by atoms with van der Waals surface area (Å²) in [5, 5.41) is 0. The molecule has 0 saturated heterocycles. The first-order valence-corrected chi connectivity index (χ1v) is 3.72. The summed E-state index contributed by atoms with van der Waals surface area (Å²) in [6.45, 7) is 9.37. The van der Waals surface area contributed by atoms with Gasteiger partial charge in [0, 0.05) is 0 Å². The first kappa shape index (κ1) is 7.81. The zero-order valence-electron chi connectivity index (χ0n) is 6.62. The molecule has 0 bridgehead atoms. The van der Waals surface area contributed by atoms with Crippen molar-refractivity contribution < 1.29 is 0 Å². The second-order valence-electron chi connectivity index (χ2n) is 2.65. The molecule has 0 spiro atoms. The summed E-state index contributed by atoms with van der Waals surface area (Å²) in [7, 11) is 0. The van der Waals surface area contributed by atoms with Gasteiger partial charge in [-0.3, -0.25) is 0 Å². The summed E-state index contributed by atoms with van der Waals surface area (Å²) < 4.78 is 0. The minimum Gasteiger partial charge on any atom is -0.316 e. The van der Waals surface area contributed by atoms with Gasteiger partial charge in [-0.05, 0) is 5.56 Å². The fraction of sp³-hybridized carbons (Fsp3) is 0.300. The van der Waals surface area contributed by atoms with Gasteiger partial charge in [-0.2, -0.15) is 0 Å². The van der Waals surface area contributed by atoms with Crippen LogP contribution in [0.5, 0.6) is 0 Å². The Morgan fingerprint density at radius 3 is 2.55 bits per heavy atom. The van der Waals surface area contributed by atoms with Crippen molar-refractivity contribution in [1.82, 2.24) is 0 Å². The van der Waals surface area contributed by atoms with Crippen molar-refractivity contribution in [2.45, 2.75) is 12.8 Å². The molecule has 1 nitrogen and oxygen atoms in total. The molecule has 1 atom stereocenters. The molecular formula is C10H11N. The van der Waals surface area contributed by atoms with E-state index in [-0.39, 0.29) is 0 Å². The van der Waals surface area contributed by atoms with E-state index in [2.05, 4.69) is 23.9 Å². The third kappa shape index (κ3) is 2.09. The van der Waals surface area contributed by atoms with Crippen LogP contribution < -0.4 is 0 Å². The van der Waals surface area contributed by atoms with Gasteiger partial charge in [-0.1, -0.05) is 37.3 Å². The summed E-state index contributed by atoms with van der Waals surface area (Å²) in [4.78, 5) is 3.36. The van der Waals surface area contributed by atoms with E-state index < -0.39 is 0 Å². The Labute approximate surface area is 67.5 Å². The summed E-state index contributed by atoms with van der Waals surface area (Å²) in [5.74, 6) is 0.369. The average Bonchev–Trinajstić information content (AvgIpc) is 2.07. The maximum Gasteiger partial charge on any atom is 0.221 e. The molecule has 0 saturated carbocycles. The highest BCUT2D eigenvalue weighted by Crippen LogP contribution is 2.13. The maximum absolute atomic E-state index is 6.71. The van der Waals surface area contributed by atoms with Crippen LogP contribution in [0.4, 0.5) is 0 Å². The number of nitrogens with zero attached hydrogens (tertiary/aromatic N) is 1. The molecule has 1 rings (SSSR count). The van der Waals surface area contributed by atoms with Gasteiger partial charge in [0.05, 0.1) is 5.92 Å². The standard InChI is InChI=1S/C10H11N/c1-9(8-11-2)10-6-4-3-5-7-10/h3-7,9H,8H2,1H3/t9-/m1/s1. The van der Waals surface area contributed by atoms with E-state index in [1.54, 1.807) is 0 Å². The molecule has 1 heteroatoms. The Morgan fingerprint density at radius 2 is 2.00 bits per heavy atom. The quantitative estimate of drug-likeness (QED) is 0.563. The molecule has 11 heavy (non-hydrogen) atoms. The molecule has 0 N–H and O–H groups in total. The SMILES string of the molecule is [C-]#[N+]C[C@@H](C)c1ccccc1. The van der Waals surface area contributed by atoms with E-state index >= 15 is 0 Å². The van der Waals surface area contributed by atoms with Crippen molar-refractivity contribution in [2.24, 2.45) is 0 Å². The molecule has 1 aromatic rings. The zero-order valence-corrected chi connectivity index (χ0v) is 6.62. The minimum atomic E-state index is 0.369. The smallest absolute Gasteiger partial charge is 0.221 e. The van der Waals surface area contributed by atoms with Crippen LogP contribution in [0.25, 0.3) is 4.85 Å². The predicted molar refractivity (Wildman–Crippen MR) is 46.3 cm³/mol. The highest BCUT2D eigenvalue weighted by atomic mass is 14.6. The van der Waals surface area contributed by atoms with Gasteiger partial charge in [0.25, 0.3) is 0 Å². The van der Waals surface area contributed by atoms with E-state index in [1.807, 2.05) is 18.2 Å². The predicted octanol–water partition coefficient (Wildman–Crippen LogP) is 2.71. The molecule has 0 aliphatic heterocycles. The first-order valence-electron chi connectivity index (χ1n) is 3.72. The van der Waals surface area contributed by atoms with Gasteiger partial charge >= 0.3 is 0 Å². The Kier molecular flexibility index (Phi) is 2.68. The summed E-state index contributed by atoms with van der Waals surface area (Å²) >= 11 is 0. The molecule has 56 valence electrons. The number of hydrogen-bond donors (Lipinski definition) is 0. The van der Waals surface area contributed by atoms with Crippen LogP contribution in [0.1, 0.15) is 18.4 Å². The lowest BCUT2D eigenvalue weighted by Gasteiger charge is -2.02. The van der Waals surface area contributed by atoms with Crippen LogP contribution in [0.2, 0.25) is 0 Å². The van der Waals surface area contributed by atoms with Crippen LogP contribution in [-0.2, 0) is 0 Å². The molecule has 0 unspecified atom stereocenters. The van der Waals surface area contributed by atoms with E-state index in [4.69, 9.17) is 6.57 Å². The Morgan fingerprint density at radius 1 is 1.36 bits per heavy atom. The molecule has 0 aromatic heterocycles. The summed E-state index contributed by atoms with van der Waals surface area (Å²) in [6.07, 6.45) is 0. The molecule has 0 radical (unpaired) electrons. The van der Waals surface area contributed by atoms with Gasteiger partial charge in [0.1, 0.15) is 0 Å². The molecule has 1 aromatic carbocycles. The van der Waals surface area contributed by atoms with Gasteiger partial charge in [-0.25, -0.2) is 6.57 Å². The highest BCUT2D eigenvalue weighted by molar-refractivity contribution is 5.19. The van der Waals surface area contributed by atoms with Gasteiger partial charge in [-0.15, -0.1) is 0 Å². The third-order valence-electron chi connectivity index (χ3n) is 1.73. The lowest BCUT2D eigenvalue weighted by Crippen LogP contribution is -1.94. The fourth-order valence-corrected chi connectivity index (χ4v) is 1.02. The molecule has 0 fully saturated rings. The molecule has 0 aliphatic carbocycles. The van der Waals surface area contributed by atoms with Crippen molar-refractivity contribution in [2.75, 3.05) is 6.54 Å². The largest absolute Gasteiger partial charge is 0.316 e. The second-order valence-corrected chi connectivity index (χ2v) is 2.65. The van der Waals surface area contributed by atoms with Crippen molar-refractivity contribution in [3.8, 4) is 0 Å². The topological polar surface area (TPSA) is 4.36 Å². The minimum absolute atomic E-state index is 0.369. The van der Waals surface area contributed by atoms with E-state index in [0.717, 1.165) is 0 Å². The van der Waals surface area contributed by atoms with Crippen molar-refractivity contribution in [1.29, 1.82) is 0 Å². The average molecular weight is 145 g/mol. The zero-order chi connectivity index (χ0) is 8.10. The first-order chi connectivity index (χ1) is 5.34. The Bertz CT molecular complexity index is 245. The van der Waals surface area contributed by atoms with Gasteiger partial charge in [0.2, 0.25) is 6.54 Å². The third-order valence-corrected chi connectivity index (χ3v) is 1.73. The molecule has 0 amide bonds. The number of benzene rings is 1. The van der Waals surface area contributed by atoms with E-state index in [0.29, 0.717) is 12.5 Å². The van der Waals surface area contributed by atoms with Crippen LogP contribution >= 0.6 is 0 Å². The highest BCUT2D eigenvalue weighted by Gasteiger charge is 2.05. The normalized spacial score (nSPS) is 12.0. The van der Waals surface area contributed by atoms with Crippen LogP contribution in [0.15, 0.2) is 30.3 Å². The van der Waals surface area contributed by atoms with E-state index in [9.17, 15) is 0 Å². The Hall–Kier alpha value is -1.29. The molecule has 0 heterocycles. The molecule has 0 aliphatic rings. The van der Waals surface area contributed by atoms with Crippen LogP contribution in [0.3, 0.4) is 0 Å². The summed E-state index contributed by atoms with van der Waals surface area (Å²) in [5.41, 5.74) is 1.25.